The van der Waals surface area contributed by atoms with E-state index in [4.69, 9.17) is 21.7 Å². The van der Waals surface area contributed by atoms with Crippen molar-refractivity contribution in [2.45, 2.75) is 18.7 Å². The molecule has 7 rings (SSSR count). The highest BCUT2D eigenvalue weighted by molar-refractivity contribution is 9.10. The largest absolute Gasteiger partial charge is 0.454 e. The van der Waals surface area contributed by atoms with Gasteiger partial charge in [0.2, 0.25) is 6.79 Å². The number of para-hydroxylation sites is 2. The Morgan fingerprint density at radius 1 is 0.927 bits per heavy atom. The first-order chi connectivity index (χ1) is 20.0. The molecule has 8 nitrogen and oxygen atoms in total. The molecule has 1 aliphatic heterocycles. The fraction of sp³-hybridized carbons (Fsp3) is 0.129. The Morgan fingerprint density at radius 2 is 1.68 bits per heavy atom. The number of rotatable bonds is 7. The van der Waals surface area contributed by atoms with E-state index in [1.165, 1.54) is 0 Å². The molecule has 1 unspecified atom stereocenters. The van der Waals surface area contributed by atoms with Crippen LogP contribution >= 0.6 is 28.1 Å². The van der Waals surface area contributed by atoms with Crippen LogP contribution in [-0.2, 0) is 18.7 Å². The summed E-state index contributed by atoms with van der Waals surface area (Å²) in [6.45, 7) is 0.731. The smallest absolute Gasteiger partial charge is 0.231 e. The molecule has 0 aliphatic carbocycles. The van der Waals surface area contributed by atoms with Crippen molar-refractivity contribution in [3.8, 4) is 22.8 Å². The number of nitrogens with one attached hydrogen (secondary N) is 1. The highest BCUT2D eigenvalue weighted by Gasteiger charge is 2.40. The van der Waals surface area contributed by atoms with Crippen molar-refractivity contribution in [2.75, 3.05) is 6.79 Å². The van der Waals surface area contributed by atoms with Gasteiger partial charge < -0.3 is 24.1 Å². The number of fused-ring (bicyclic) bond motifs is 2. The van der Waals surface area contributed by atoms with Crippen LogP contribution in [0.2, 0.25) is 0 Å². The number of hydrogen-bond acceptors (Lipinski definition) is 6. The number of hydrogen-bond donors (Lipinski definition) is 2. The maximum absolute atomic E-state index is 12.8. The minimum atomic E-state index is -1.61. The number of nitrogens with zero attached hydrogens (tertiary/aromatic N) is 4. The molecule has 0 bridgehead atoms. The molecule has 0 spiro atoms. The molecule has 4 aromatic carbocycles. The first-order valence-electron chi connectivity index (χ1n) is 13.0. The summed E-state index contributed by atoms with van der Waals surface area (Å²) in [5.41, 5.74) is 3.74. The quantitative estimate of drug-likeness (QED) is 0.199. The van der Waals surface area contributed by atoms with E-state index in [9.17, 15) is 5.11 Å². The van der Waals surface area contributed by atoms with E-state index < -0.39 is 5.60 Å². The van der Waals surface area contributed by atoms with Crippen LogP contribution in [0.1, 0.15) is 16.8 Å². The summed E-state index contributed by atoms with van der Waals surface area (Å²) in [5, 5.41) is 22.1. The molecular formula is C31H24BrN5O3S. The molecule has 204 valence electrons. The highest BCUT2D eigenvalue weighted by Crippen LogP contribution is 2.41. The molecule has 0 fully saturated rings. The lowest BCUT2D eigenvalue weighted by Gasteiger charge is -2.29. The van der Waals surface area contributed by atoms with E-state index >= 15 is 0 Å². The van der Waals surface area contributed by atoms with E-state index in [0.717, 1.165) is 26.6 Å². The molecule has 41 heavy (non-hydrogen) atoms. The Kier molecular flexibility index (Phi) is 6.45. The first-order valence-corrected chi connectivity index (χ1v) is 14.2. The van der Waals surface area contributed by atoms with Gasteiger partial charge in [0.1, 0.15) is 5.69 Å². The van der Waals surface area contributed by atoms with Crippen molar-refractivity contribution in [2.24, 2.45) is 0 Å². The zero-order valence-corrected chi connectivity index (χ0v) is 24.1. The maximum Gasteiger partial charge on any atom is 0.231 e. The van der Waals surface area contributed by atoms with Crippen molar-refractivity contribution < 1.29 is 14.6 Å². The zero-order chi connectivity index (χ0) is 28.0. The second kappa shape index (κ2) is 10.3. The second-order valence-electron chi connectivity index (χ2n) is 9.90. The predicted molar refractivity (Wildman–Crippen MR) is 161 cm³/mol. The number of H-pyrrole nitrogens is 1. The predicted octanol–water partition coefficient (Wildman–Crippen LogP) is 6.43. The summed E-state index contributed by atoms with van der Waals surface area (Å²) < 4.78 is 16.4. The standard InChI is InChI=1S/C31H24BrN5O3S/c32-23-13-11-22(12-14-23)31(38,18-36-25-9-5-4-8-24(25)33-30(36)41)29-28(21-10-15-26-27(16-21)40-19-39-26)37(35-34-29)17-20-6-2-1-3-7-20/h1-16,38H,17-19H2,(H,33,41). The summed E-state index contributed by atoms with van der Waals surface area (Å²) in [6, 6.07) is 31.2. The molecule has 0 radical (unpaired) electrons. The van der Waals surface area contributed by atoms with Gasteiger partial charge >= 0.3 is 0 Å². The maximum atomic E-state index is 12.8. The number of ether oxygens (including phenoxy) is 2. The zero-order valence-electron chi connectivity index (χ0n) is 21.7. The van der Waals surface area contributed by atoms with Crippen LogP contribution < -0.4 is 9.47 Å². The number of halogens is 1. The Balaban J connectivity index is 1.45. The van der Waals surface area contributed by atoms with Crippen molar-refractivity contribution in [1.82, 2.24) is 24.5 Å². The van der Waals surface area contributed by atoms with Crippen molar-refractivity contribution in [1.29, 1.82) is 0 Å². The topological polar surface area (TPSA) is 90.1 Å². The molecule has 0 saturated heterocycles. The number of aromatic amines is 1. The number of aromatic nitrogens is 5. The molecule has 6 aromatic rings. The molecule has 3 heterocycles. The summed E-state index contributed by atoms with van der Waals surface area (Å²) in [6.07, 6.45) is 0. The van der Waals surface area contributed by atoms with Gasteiger partial charge in [0.25, 0.3) is 0 Å². The van der Waals surface area contributed by atoms with Crippen LogP contribution in [0.3, 0.4) is 0 Å². The third-order valence-corrected chi connectivity index (χ3v) is 8.19. The normalized spacial score (nSPS) is 13.9. The average molecular weight is 627 g/mol. The molecule has 2 aromatic heterocycles. The lowest BCUT2D eigenvalue weighted by Crippen LogP contribution is -2.34. The van der Waals surface area contributed by atoms with Crippen LogP contribution in [0.5, 0.6) is 11.5 Å². The molecule has 1 atom stereocenters. The molecule has 0 saturated carbocycles. The van der Waals surface area contributed by atoms with Crippen LogP contribution in [-0.4, -0.2) is 36.4 Å². The van der Waals surface area contributed by atoms with Gasteiger partial charge in [-0.1, -0.05) is 75.7 Å². The lowest BCUT2D eigenvalue weighted by atomic mass is 9.87. The fourth-order valence-corrected chi connectivity index (χ4v) is 5.85. The number of imidazole rings is 1. The summed E-state index contributed by atoms with van der Waals surface area (Å²) in [7, 11) is 0. The van der Waals surface area contributed by atoms with E-state index in [0.29, 0.717) is 39.8 Å². The van der Waals surface area contributed by atoms with Gasteiger partial charge in [0.15, 0.2) is 21.9 Å². The van der Waals surface area contributed by atoms with Crippen molar-refractivity contribution >= 4 is 39.2 Å². The SMILES string of the molecule is OC(Cn1c(=S)[nH]c2ccccc21)(c1ccc(Br)cc1)c1nnn(Cc2ccccc2)c1-c1ccc2c(c1)OCO2. The Labute approximate surface area is 248 Å². The Bertz CT molecular complexity index is 1930. The second-order valence-corrected chi connectivity index (χ2v) is 11.2. The van der Waals surface area contributed by atoms with Gasteiger partial charge in [0.05, 0.1) is 29.8 Å². The number of benzene rings is 4. The monoisotopic (exact) mass is 625 g/mol. The van der Waals surface area contributed by atoms with Gasteiger partial charge in [-0.2, -0.15) is 0 Å². The molecule has 2 N–H and O–H groups in total. The first kappa shape index (κ1) is 25.7. The van der Waals surface area contributed by atoms with Crippen molar-refractivity contribution in [3.63, 3.8) is 0 Å². The van der Waals surface area contributed by atoms with Gasteiger partial charge in [-0.05, 0) is 65.8 Å². The highest BCUT2D eigenvalue weighted by atomic mass is 79.9. The summed E-state index contributed by atoms with van der Waals surface area (Å²) >= 11 is 9.26. The van der Waals surface area contributed by atoms with Gasteiger partial charge in [-0.25, -0.2) is 4.68 Å². The third-order valence-electron chi connectivity index (χ3n) is 7.34. The molecule has 10 heteroatoms. The van der Waals surface area contributed by atoms with Crippen LogP contribution in [0, 0.1) is 4.77 Å². The van der Waals surface area contributed by atoms with Crippen molar-refractivity contribution in [3.05, 3.63) is 123 Å². The molecular weight excluding hydrogens is 602 g/mol. The van der Waals surface area contributed by atoms with E-state index in [1.807, 2.05) is 106 Å². The fourth-order valence-electron chi connectivity index (χ4n) is 5.31. The van der Waals surface area contributed by atoms with Gasteiger partial charge in [-0.15, -0.1) is 5.10 Å². The molecule has 1 aliphatic rings. The van der Waals surface area contributed by atoms with E-state index in [1.54, 1.807) is 0 Å². The van der Waals surface area contributed by atoms with E-state index in [-0.39, 0.29) is 13.3 Å². The van der Waals surface area contributed by atoms with Crippen LogP contribution in [0.15, 0.2) is 102 Å². The van der Waals surface area contributed by atoms with Crippen LogP contribution in [0.4, 0.5) is 0 Å². The number of aliphatic hydroxyl groups is 1. The minimum Gasteiger partial charge on any atom is -0.454 e. The van der Waals surface area contributed by atoms with Gasteiger partial charge in [0, 0.05) is 10.0 Å². The lowest BCUT2D eigenvalue weighted by molar-refractivity contribution is 0.0580. The molecule has 0 amide bonds. The van der Waals surface area contributed by atoms with E-state index in [2.05, 4.69) is 31.2 Å². The summed E-state index contributed by atoms with van der Waals surface area (Å²) in [5.74, 6) is 1.30. The Morgan fingerprint density at radius 3 is 2.51 bits per heavy atom. The van der Waals surface area contributed by atoms with Crippen LogP contribution in [0.25, 0.3) is 22.3 Å². The Hall–Kier alpha value is -4.25. The van der Waals surface area contributed by atoms with Gasteiger partial charge in [-0.3, -0.25) is 0 Å². The third kappa shape index (κ3) is 4.63. The average Bonchev–Trinajstić information content (AvgIpc) is 3.71. The summed E-state index contributed by atoms with van der Waals surface area (Å²) in [4.78, 5) is 3.26. The minimum absolute atomic E-state index is 0.110.